The number of nitrogens with one attached hydrogen (secondary N) is 1. The second-order valence-corrected chi connectivity index (χ2v) is 10.9. The number of aryl methyl sites for hydroxylation is 2. The molecule has 208 valence electrons. The number of fused-ring (bicyclic) bond motifs is 1. The maximum absolute atomic E-state index is 15.9. The Kier molecular flexibility index (Phi) is 7.95. The van der Waals surface area contributed by atoms with E-state index in [4.69, 9.17) is 22.3 Å². The van der Waals surface area contributed by atoms with Gasteiger partial charge < -0.3 is 15.6 Å². The zero-order valence-corrected chi connectivity index (χ0v) is 24.0. The van der Waals surface area contributed by atoms with E-state index in [0.29, 0.717) is 46.4 Å². The number of nitrogens with zero attached hydrogens (tertiary/aromatic N) is 3. The molecular formula is C32H34ClF2N5. The third-order valence-corrected chi connectivity index (χ3v) is 7.95. The van der Waals surface area contributed by atoms with Crippen LogP contribution >= 0.6 is 11.6 Å². The van der Waals surface area contributed by atoms with Crippen molar-refractivity contribution in [2.24, 2.45) is 10.7 Å². The summed E-state index contributed by atoms with van der Waals surface area (Å²) >= 11 is 6.40. The number of H-pyrrole nitrogens is 1. The van der Waals surface area contributed by atoms with Gasteiger partial charge in [-0.15, -0.1) is 0 Å². The number of anilines is 1. The molecule has 1 aliphatic heterocycles. The van der Waals surface area contributed by atoms with Crippen LogP contribution < -0.4 is 10.6 Å². The smallest absolute Gasteiger partial charge is 0.165 e. The Hall–Kier alpha value is -3.71. The minimum absolute atomic E-state index is 0.158. The van der Waals surface area contributed by atoms with E-state index in [9.17, 15) is 0 Å². The molecule has 0 amide bonds. The van der Waals surface area contributed by atoms with Crippen molar-refractivity contribution < 1.29 is 8.78 Å². The fourth-order valence-electron chi connectivity index (χ4n) is 5.32. The lowest BCUT2D eigenvalue weighted by Gasteiger charge is -2.32. The molecule has 3 N–H and O–H groups in total. The van der Waals surface area contributed by atoms with Gasteiger partial charge in [-0.25, -0.2) is 18.8 Å². The average Bonchev–Trinajstić information content (AvgIpc) is 3.43. The summed E-state index contributed by atoms with van der Waals surface area (Å²) in [5.41, 5.74) is 13.0. The number of para-hydroxylation sites is 1. The average molecular weight is 562 g/mol. The van der Waals surface area contributed by atoms with E-state index in [1.54, 1.807) is 18.5 Å². The van der Waals surface area contributed by atoms with Crippen LogP contribution in [0.5, 0.6) is 0 Å². The third-order valence-electron chi connectivity index (χ3n) is 7.66. The van der Waals surface area contributed by atoms with E-state index < -0.39 is 5.82 Å². The van der Waals surface area contributed by atoms with Crippen LogP contribution in [0.25, 0.3) is 10.9 Å². The van der Waals surface area contributed by atoms with E-state index >= 15 is 8.78 Å². The van der Waals surface area contributed by atoms with Crippen LogP contribution in [0.1, 0.15) is 62.3 Å². The van der Waals surface area contributed by atoms with Gasteiger partial charge in [0, 0.05) is 54.1 Å². The van der Waals surface area contributed by atoms with Gasteiger partial charge in [-0.2, -0.15) is 0 Å². The number of hydrogen-bond acceptors (Lipinski definition) is 4. The summed E-state index contributed by atoms with van der Waals surface area (Å²) in [4.78, 5) is 14.6. The molecular weight excluding hydrogens is 528 g/mol. The molecule has 8 heteroatoms. The van der Waals surface area contributed by atoms with Crippen LogP contribution in [-0.4, -0.2) is 28.8 Å². The maximum atomic E-state index is 15.9. The van der Waals surface area contributed by atoms with Crippen LogP contribution in [-0.2, 0) is 12.8 Å². The molecule has 0 bridgehead atoms. The molecule has 2 aromatic carbocycles. The topological polar surface area (TPSA) is 70.3 Å². The highest BCUT2D eigenvalue weighted by Gasteiger charge is 2.29. The first kappa shape index (κ1) is 27.8. The predicted molar refractivity (Wildman–Crippen MR) is 161 cm³/mol. The van der Waals surface area contributed by atoms with Crippen molar-refractivity contribution >= 4 is 39.7 Å². The quantitative estimate of drug-likeness (QED) is 0.225. The minimum atomic E-state index is -0.495. The molecule has 0 radical (unpaired) electrons. The van der Waals surface area contributed by atoms with Crippen molar-refractivity contribution in [3.63, 3.8) is 0 Å². The van der Waals surface area contributed by atoms with Gasteiger partial charge >= 0.3 is 0 Å². The van der Waals surface area contributed by atoms with Crippen LogP contribution in [0.3, 0.4) is 0 Å². The summed E-state index contributed by atoms with van der Waals surface area (Å²) in [6.07, 6.45) is 5.44. The molecule has 40 heavy (non-hydrogen) atoms. The minimum Gasteiger partial charge on any atom is -0.402 e. The molecule has 0 saturated heterocycles. The summed E-state index contributed by atoms with van der Waals surface area (Å²) in [6.45, 7) is 8.88. The lowest BCUT2D eigenvalue weighted by molar-refractivity contribution is 0.602. The van der Waals surface area contributed by atoms with Gasteiger partial charge in [0.25, 0.3) is 0 Å². The zero-order valence-electron chi connectivity index (χ0n) is 23.3. The molecule has 0 unspecified atom stereocenters. The number of rotatable bonds is 7. The molecule has 2 aromatic heterocycles. The molecule has 4 aromatic rings. The standard InChI is InChI=1S/C32H34ClF2N5/c1-5-19-8-7-9-20(6-2)29(19)39-31(28-22-10-12-37-30(22)24(33)15-25(28)34)23-17-40(13-11-27(23)36)32-26(35)14-21(16-38-32)18(3)4/h7-10,12,14-16,18,37H,5-6,11,13,17,36H2,1-4H3. The fraction of sp³-hybridized carbons (Fsp3) is 0.312. The Labute approximate surface area is 238 Å². The van der Waals surface area contributed by atoms with E-state index in [1.165, 1.54) is 12.1 Å². The summed E-state index contributed by atoms with van der Waals surface area (Å²) < 4.78 is 31.2. The molecule has 0 fully saturated rings. The van der Waals surface area contributed by atoms with Crippen molar-refractivity contribution in [2.45, 2.75) is 52.9 Å². The lowest BCUT2D eigenvalue weighted by Crippen LogP contribution is -2.37. The lowest BCUT2D eigenvalue weighted by atomic mass is 9.93. The van der Waals surface area contributed by atoms with Gasteiger partial charge in [-0.05, 0) is 53.6 Å². The Morgan fingerprint density at radius 1 is 1.12 bits per heavy atom. The highest BCUT2D eigenvalue weighted by Crippen LogP contribution is 2.35. The predicted octanol–water partition coefficient (Wildman–Crippen LogP) is 7.99. The van der Waals surface area contributed by atoms with Crippen LogP contribution in [0, 0.1) is 11.6 Å². The van der Waals surface area contributed by atoms with Gasteiger partial charge in [0.05, 0.1) is 21.9 Å². The number of aromatic nitrogens is 2. The van der Waals surface area contributed by atoms with E-state index in [1.807, 2.05) is 36.9 Å². The Balaban J connectivity index is 1.72. The number of hydrogen-bond donors (Lipinski definition) is 2. The first-order valence-corrected chi connectivity index (χ1v) is 14.1. The highest BCUT2D eigenvalue weighted by atomic mass is 35.5. The van der Waals surface area contributed by atoms with Crippen molar-refractivity contribution in [1.29, 1.82) is 0 Å². The summed E-state index contributed by atoms with van der Waals surface area (Å²) in [7, 11) is 0. The Morgan fingerprint density at radius 3 is 2.50 bits per heavy atom. The van der Waals surface area contributed by atoms with Crippen molar-refractivity contribution in [2.75, 3.05) is 18.0 Å². The SMILES string of the molecule is CCc1cccc(CC)c1N=C(C1=C(N)CCN(c2ncc(C(C)C)cc2F)C1)c1c(F)cc(Cl)c2[nH]ccc12. The number of pyridine rings is 1. The van der Waals surface area contributed by atoms with Gasteiger partial charge in [-0.1, -0.05) is 57.5 Å². The molecule has 5 rings (SSSR count). The number of aliphatic imine (C=N–C) groups is 1. The van der Waals surface area contributed by atoms with Crippen LogP contribution in [0.4, 0.5) is 20.3 Å². The van der Waals surface area contributed by atoms with Gasteiger partial charge in [0.1, 0.15) is 5.82 Å². The second-order valence-electron chi connectivity index (χ2n) is 10.5. The fourth-order valence-corrected chi connectivity index (χ4v) is 5.58. The number of aromatic amines is 1. The van der Waals surface area contributed by atoms with E-state index in [0.717, 1.165) is 35.2 Å². The second kappa shape index (κ2) is 11.4. The highest BCUT2D eigenvalue weighted by molar-refractivity contribution is 6.36. The van der Waals surface area contributed by atoms with Crippen LogP contribution in [0.15, 0.2) is 65.1 Å². The van der Waals surface area contributed by atoms with Crippen LogP contribution in [0.2, 0.25) is 5.02 Å². The molecule has 0 atom stereocenters. The number of benzene rings is 2. The van der Waals surface area contributed by atoms with Crippen molar-refractivity contribution in [3.8, 4) is 0 Å². The van der Waals surface area contributed by atoms with E-state index in [-0.39, 0.29) is 29.1 Å². The molecule has 5 nitrogen and oxygen atoms in total. The number of nitrogens with two attached hydrogens (primary N) is 1. The largest absolute Gasteiger partial charge is 0.402 e. The molecule has 1 aliphatic rings. The molecule has 3 heterocycles. The van der Waals surface area contributed by atoms with Crippen molar-refractivity contribution in [3.05, 3.63) is 99.0 Å². The Bertz CT molecular complexity index is 1610. The van der Waals surface area contributed by atoms with E-state index in [2.05, 4.69) is 23.8 Å². The monoisotopic (exact) mass is 561 g/mol. The first-order chi connectivity index (χ1) is 19.2. The normalized spacial score (nSPS) is 14.6. The van der Waals surface area contributed by atoms with Gasteiger partial charge in [-0.3, -0.25) is 0 Å². The van der Waals surface area contributed by atoms with Gasteiger partial charge in [0.15, 0.2) is 11.6 Å². The maximum Gasteiger partial charge on any atom is 0.165 e. The number of halogens is 3. The Morgan fingerprint density at radius 2 is 1.85 bits per heavy atom. The summed E-state index contributed by atoms with van der Waals surface area (Å²) in [6, 6.07) is 10.7. The molecule has 0 spiro atoms. The zero-order chi connectivity index (χ0) is 28.6. The summed E-state index contributed by atoms with van der Waals surface area (Å²) in [5.74, 6) is -0.476. The molecule has 0 aliphatic carbocycles. The molecule has 0 saturated carbocycles. The van der Waals surface area contributed by atoms with Crippen molar-refractivity contribution in [1.82, 2.24) is 9.97 Å². The first-order valence-electron chi connectivity index (χ1n) is 13.8. The van der Waals surface area contributed by atoms with Gasteiger partial charge in [0.2, 0.25) is 0 Å². The third kappa shape index (κ3) is 5.10. The summed E-state index contributed by atoms with van der Waals surface area (Å²) in [5, 5.41) is 0.895.